The Morgan fingerprint density at radius 2 is 1.80 bits per heavy atom. The average Bonchev–Trinajstić information content (AvgIpc) is 2.63. The van der Waals surface area contributed by atoms with E-state index in [-0.39, 0.29) is 17.0 Å². The lowest BCUT2D eigenvalue weighted by molar-refractivity contribution is 0.0968. The largest absolute Gasteiger partial charge is 0.507 e. The molecule has 5 rings (SSSR count). The van der Waals surface area contributed by atoms with Crippen molar-refractivity contribution < 1.29 is 9.90 Å². The summed E-state index contributed by atoms with van der Waals surface area (Å²) in [5.74, 6) is -0.542. The van der Waals surface area contributed by atoms with Crippen LogP contribution in [-0.4, -0.2) is 15.9 Å². The molecule has 4 aliphatic rings. The van der Waals surface area contributed by atoms with Crippen molar-refractivity contribution in [1.29, 1.82) is 0 Å². The molecule has 1 unspecified atom stereocenters. The third-order valence-corrected chi connectivity index (χ3v) is 5.74. The Hall–Kier alpha value is -3.05. The van der Waals surface area contributed by atoms with Crippen molar-refractivity contribution in [1.82, 2.24) is 4.98 Å². The van der Waals surface area contributed by atoms with Crippen molar-refractivity contribution in [2.75, 3.05) is 0 Å². The van der Waals surface area contributed by atoms with Gasteiger partial charge in [0, 0.05) is 22.8 Å². The number of hydrogen-bond acceptors (Lipinski definition) is 5. The zero-order chi connectivity index (χ0) is 17.1. The van der Waals surface area contributed by atoms with Gasteiger partial charge in [-0.3, -0.25) is 9.59 Å². The van der Waals surface area contributed by atoms with Crippen LogP contribution < -0.4 is 5.43 Å². The van der Waals surface area contributed by atoms with Crippen LogP contribution in [0.25, 0.3) is 22.4 Å². The van der Waals surface area contributed by atoms with Crippen LogP contribution in [0.2, 0.25) is 0 Å². The van der Waals surface area contributed by atoms with Crippen LogP contribution in [0.1, 0.15) is 32.4 Å². The molecular weight excluding hydrogens is 334 g/mol. The van der Waals surface area contributed by atoms with Gasteiger partial charge in [0.1, 0.15) is 5.76 Å². The van der Waals surface area contributed by atoms with Crippen molar-refractivity contribution in [2.45, 2.75) is 5.92 Å². The highest BCUT2D eigenvalue weighted by molar-refractivity contribution is 7.16. The molecule has 0 bridgehead atoms. The molecule has 0 saturated heterocycles. The van der Waals surface area contributed by atoms with Gasteiger partial charge in [-0.15, -0.1) is 11.3 Å². The lowest BCUT2D eigenvalue weighted by Crippen LogP contribution is -2.25. The molecule has 1 aromatic carbocycles. The molecule has 120 valence electrons. The Balaban J connectivity index is 1.81. The summed E-state index contributed by atoms with van der Waals surface area (Å²) < 4.78 is 0. The number of aromatic nitrogens is 1. The highest BCUT2D eigenvalue weighted by atomic mass is 32.1. The lowest BCUT2D eigenvalue weighted by atomic mass is 9.77. The molecule has 1 atom stereocenters. The second-order valence-electron chi connectivity index (χ2n) is 6.07. The van der Waals surface area contributed by atoms with Crippen molar-refractivity contribution in [3.05, 3.63) is 86.0 Å². The molecule has 0 saturated carbocycles. The Bertz CT molecular complexity index is 1160. The normalized spacial score (nSPS) is 18.1. The monoisotopic (exact) mass is 345 g/mol. The van der Waals surface area contributed by atoms with E-state index in [9.17, 15) is 14.7 Å². The molecule has 0 radical (unpaired) electrons. The summed E-state index contributed by atoms with van der Waals surface area (Å²) in [4.78, 5) is 30.9. The van der Waals surface area contributed by atoms with Crippen LogP contribution in [0.4, 0.5) is 0 Å². The Labute approximate surface area is 146 Å². The minimum atomic E-state index is -0.609. The molecule has 1 aliphatic heterocycles. The number of hydrogen-bond donors (Lipinski definition) is 1. The summed E-state index contributed by atoms with van der Waals surface area (Å²) in [5.41, 5.74) is 2.91. The van der Waals surface area contributed by atoms with E-state index in [4.69, 9.17) is 0 Å². The molecule has 1 aromatic rings. The third-order valence-electron chi connectivity index (χ3n) is 4.63. The fourth-order valence-corrected chi connectivity index (χ4v) is 4.49. The number of aliphatic hydroxyl groups excluding tert-OH is 1. The standard InChI is InChI=1S/C20H11NO3S/c22-10-5-7-14-16(9-10)25-15-8-6-13-17(18(15)21-14)20(24)12-4-2-1-3-11(12)19(13)23/h1-9,17,23H. The predicted molar refractivity (Wildman–Crippen MR) is 97.1 cm³/mol. The summed E-state index contributed by atoms with van der Waals surface area (Å²) in [6.45, 7) is 0. The Morgan fingerprint density at radius 1 is 1.00 bits per heavy atom. The van der Waals surface area contributed by atoms with Crippen molar-refractivity contribution >= 4 is 29.0 Å². The summed E-state index contributed by atoms with van der Waals surface area (Å²) >= 11 is 1.44. The second kappa shape index (κ2) is 4.97. The maximum Gasteiger partial charge on any atom is 0.180 e. The van der Waals surface area contributed by atoms with Crippen molar-refractivity contribution in [3.63, 3.8) is 0 Å². The average molecular weight is 345 g/mol. The predicted octanol–water partition coefficient (Wildman–Crippen LogP) is 3.88. The van der Waals surface area contributed by atoms with Gasteiger partial charge in [-0.05, 0) is 18.2 Å². The molecule has 0 fully saturated rings. The van der Waals surface area contributed by atoms with E-state index in [1.807, 2.05) is 6.08 Å². The van der Waals surface area contributed by atoms with Crippen molar-refractivity contribution in [2.24, 2.45) is 0 Å². The zero-order valence-corrected chi connectivity index (χ0v) is 13.7. The molecule has 3 aliphatic carbocycles. The highest BCUT2D eigenvalue weighted by Crippen LogP contribution is 2.45. The quantitative estimate of drug-likeness (QED) is 0.671. The SMILES string of the molecule is O=C1c2ccccc2C(O)=C2C=Cc3sc4cc(=O)ccc-4nc3C12. The van der Waals surface area contributed by atoms with Gasteiger partial charge in [0.05, 0.1) is 27.1 Å². The lowest BCUT2D eigenvalue weighted by Gasteiger charge is -2.28. The molecule has 1 heterocycles. The number of aliphatic hydroxyl groups is 1. The van der Waals surface area contributed by atoms with Crippen LogP contribution in [0.5, 0.6) is 0 Å². The second-order valence-corrected chi connectivity index (χ2v) is 7.16. The van der Waals surface area contributed by atoms with Gasteiger partial charge in [0.2, 0.25) is 0 Å². The van der Waals surface area contributed by atoms with Crippen LogP contribution in [0, 0.1) is 0 Å². The highest BCUT2D eigenvalue weighted by Gasteiger charge is 2.38. The van der Waals surface area contributed by atoms with Gasteiger partial charge in [-0.25, -0.2) is 4.98 Å². The van der Waals surface area contributed by atoms with E-state index in [1.165, 1.54) is 17.4 Å². The maximum atomic E-state index is 13.1. The van der Waals surface area contributed by atoms with E-state index < -0.39 is 5.92 Å². The fraction of sp³-hybridized carbons (Fsp3) is 0.0500. The number of benzene rings is 2. The molecule has 1 N–H and O–H groups in total. The fourth-order valence-electron chi connectivity index (χ4n) is 3.46. The number of rotatable bonds is 0. The van der Waals surface area contributed by atoms with Gasteiger partial charge in [-0.1, -0.05) is 30.3 Å². The summed E-state index contributed by atoms with van der Waals surface area (Å²) in [6, 6.07) is 11.8. The minimum Gasteiger partial charge on any atom is -0.507 e. The first kappa shape index (κ1) is 14.3. The topological polar surface area (TPSA) is 67.3 Å². The third kappa shape index (κ3) is 1.96. The first-order chi connectivity index (χ1) is 12.1. The van der Waals surface area contributed by atoms with E-state index >= 15 is 0 Å². The summed E-state index contributed by atoms with van der Waals surface area (Å²) in [6.07, 6.45) is 3.63. The Kier molecular flexibility index (Phi) is 2.85. The maximum absolute atomic E-state index is 13.1. The molecule has 4 nitrogen and oxygen atoms in total. The first-order valence-electron chi connectivity index (χ1n) is 7.83. The van der Waals surface area contributed by atoms with E-state index in [0.717, 1.165) is 9.75 Å². The van der Waals surface area contributed by atoms with E-state index in [0.29, 0.717) is 28.1 Å². The number of allylic oxidation sites excluding steroid dienone is 2. The number of Topliss-reactive ketones (excluding diaryl/α,β-unsaturated/α-hetero) is 1. The minimum absolute atomic E-state index is 0.0616. The van der Waals surface area contributed by atoms with Crippen LogP contribution >= 0.6 is 11.3 Å². The number of nitrogens with zero attached hydrogens (tertiary/aromatic N) is 1. The molecule has 25 heavy (non-hydrogen) atoms. The van der Waals surface area contributed by atoms with E-state index in [2.05, 4.69) is 4.98 Å². The van der Waals surface area contributed by atoms with Crippen molar-refractivity contribution in [3.8, 4) is 10.6 Å². The first-order valence-corrected chi connectivity index (χ1v) is 8.65. The zero-order valence-electron chi connectivity index (χ0n) is 12.9. The number of carbonyl (C=O) groups is 1. The molecular formula is C20H11NO3S. The van der Waals surface area contributed by atoms with Gasteiger partial charge in [0.25, 0.3) is 0 Å². The van der Waals surface area contributed by atoms with E-state index in [1.54, 1.807) is 42.5 Å². The number of ketones is 1. The Morgan fingerprint density at radius 3 is 2.64 bits per heavy atom. The molecule has 0 amide bonds. The van der Waals surface area contributed by atoms with Gasteiger partial charge >= 0.3 is 0 Å². The smallest absolute Gasteiger partial charge is 0.180 e. The molecule has 0 spiro atoms. The van der Waals surface area contributed by atoms with Crippen LogP contribution in [0.3, 0.4) is 0 Å². The molecule has 0 aromatic heterocycles. The van der Waals surface area contributed by atoms with Crippen LogP contribution in [-0.2, 0) is 0 Å². The number of fused-ring (bicyclic) bond motifs is 5. The van der Waals surface area contributed by atoms with Crippen LogP contribution in [0.15, 0.2) is 58.9 Å². The number of carbonyl (C=O) groups excluding carboxylic acids is 1. The summed E-state index contributed by atoms with van der Waals surface area (Å²) in [7, 11) is 0. The van der Waals surface area contributed by atoms with Gasteiger partial charge in [-0.2, -0.15) is 0 Å². The summed E-state index contributed by atoms with van der Waals surface area (Å²) in [5, 5.41) is 10.7. The van der Waals surface area contributed by atoms with Gasteiger partial charge < -0.3 is 5.11 Å². The van der Waals surface area contributed by atoms with Gasteiger partial charge in [0.15, 0.2) is 11.2 Å². The molecule has 5 heteroatoms.